The van der Waals surface area contributed by atoms with Crippen molar-refractivity contribution in [1.82, 2.24) is 20.0 Å². The molecule has 3 N–H and O–H groups in total. The zero-order valence-corrected chi connectivity index (χ0v) is 25.1. The topological polar surface area (TPSA) is 99.0 Å². The van der Waals surface area contributed by atoms with Gasteiger partial charge in [-0.1, -0.05) is 43.0 Å². The maximum absolute atomic E-state index is 14.0. The first kappa shape index (κ1) is 30.6. The summed E-state index contributed by atoms with van der Waals surface area (Å²) in [6.45, 7) is 1.33. The average Bonchev–Trinajstić information content (AvgIpc) is 2.95. The Morgan fingerprint density at radius 3 is 2.10 bits per heavy atom. The standard InChI is InChI=1S/C31H48ClN5O3/c1-35(2)31(40)37(26-6-4-3-5-7-26)27-16-18-36(19-17-27)30(39)28(20-22-8-12-24(32)13-9-22)34-25-14-10-23(11-15-25)21-29(33)38/h8-9,12-13,23,25-28,34H,3-7,10-11,14-21H2,1-2H3,(H2,33,38)/t23-,25-,28-/m1/s1. The van der Waals surface area contributed by atoms with Crippen molar-refractivity contribution in [2.75, 3.05) is 27.2 Å². The predicted molar refractivity (Wildman–Crippen MR) is 159 cm³/mol. The zero-order chi connectivity index (χ0) is 28.6. The molecule has 0 aromatic heterocycles. The number of hydrogen-bond acceptors (Lipinski definition) is 4. The fourth-order valence-electron chi connectivity index (χ4n) is 6.96. The fraction of sp³-hybridized carbons (Fsp3) is 0.710. The van der Waals surface area contributed by atoms with Crippen LogP contribution in [0.5, 0.6) is 0 Å². The number of primary amides is 1. The van der Waals surface area contributed by atoms with Crippen molar-refractivity contribution in [3.05, 3.63) is 34.9 Å². The second-order valence-corrected chi connectivity index (χ2v) is 12.8. The van der Waals surface area contributed by atoms with Crippen LogP contribution in [0.1, 0.15) is 82.6 Å². The van der Waals surface area contributed by atoms with Crippen LogP contribution < -0.4 is 11.1 Å². The number of carbonyl (C=O) groups excluding carboxylic acids is 3. The molecule has 0 bridgehead atoms. The molecular formula is C31H48ClN5O3. The Bertz CT molecular complexity index is 981. The highest BCUT2D eigenvalue weighted by molar-refractivity contribution is 6.30. The molecule has 4 amide bonds. The normalized spacial score (nSPS) is 23.4. The molecule has 222 valence electrons. The van der Waals surface area contributed by atoms with Crippen molar-refractivity contribution < 1.29 is 14.4 Å². The lowest BCUT2D eigenvalue weighted by molar-refractivity contribution is -0.135. The predicted octanol–water partition coefficient (Wildman–Crippen LogP) is 4.58. The molecule has 1 saturated heterocycles. The molecule has 2 saturated carbocycles. The molecule has 8 nitrogen and oxygen atoms in total. The van der Waals surface area contributed by atoms with Crippen LogP contribution in [0.3, 0.4) is 0 Å². The van der Waals surface area contributed by atoms with Gasteiger partial charge in [-0.2, -0.15) is 0 Å². The molecular weight excluding hydrogens is 526 g/mol. The fourth-order valence-corrected chi connectivity index (χ4v) is 7.09. The number of rotatable bonds is 9. The number of nitrogens with two attached hydrogens (primary N) is 1. The van der Waals surface area contributed by atoms with Gasteiger partial charge in [0.1, 0.15) is 0 Å². The highest BCUT2D eigenvalue weighted by Crippen LogP contribution is 2.30. The molecule has 9 heteroatoms. The molecule has 2 aliphatic carbocycles. The minimum atomic E-state index is -0.326. The smallest absolute Gasteiger partial charge is 0.319 e. The minimum absolute atomic E-state index is 0.103. The number of benzene rings is 1. The molecule has 4 rings (SSSR count). The van der Waals surface area contributed by atoms with Crippen LogP contribution >= 0.6 is 11.6 Å². The Kier molecular flexibility index (Phi) is 11.1. The van der Waals surface area contributed by atoms with E-state index >= 15 is 0 Å². The summed E-state index contributed by atoms with van der Waals surface area (Å²) in [5, 5.41) is 4.38. The van der Waals surface area contributed by atoms with Gasteiger partial charge in [0.15, 0.2) is 0 Å². The van der Waals surface area contributed by atoms with Crippen LogP contribution in [0.15, 0.2) is 24.3 Å². The molecule has 1 aromatic rings. The maximum atomic E-state index is 14.0. The van der Waals surface area contributed by atoms with E-state index in [-0.39, 0.29) is 36.0 Å². The van der Waals surface area contributed by atoms with Crippen molar-refractivity contribution in [1.29, 1.82) is 0 Å². The van der Waals surface area contributed by atoms with E-state index in [1.807, 2.05) is 43.3 Å². The Morgan fingerprint density at radius 2 is 1.52 bits per heavy atom. The van der Waals surface area contributed by atoms with Crippen LogP contribution in [-0.2, 0) is 16.0 Å². The van der Waals surface area contributed by atoms with Gasteiger partial charge >= 0.3 is 6.03 Å². The summed E-state index contributed by atoms with van der Waals surface area (Å²) in [6, 6.07) is 8.23. The lowest BCUT2D eigenvalue weighted by atomic mass is 9.83. The molecule has 3 fully saturated rings. The summed E-state index contributed by atoms with van der Waals surface area (Å²) in [5.74, 6) is 0.248. The Morgan fingerprint density at radius 1 is 0.925 bits per heavy atom. The molecule has 40 heavy (non-hydrogen) atoms. The van der Waals surface area contributed by atoms with Gasteiger partial charge in [-0.05, 0) is 81.4 Å². The van der Waals surface area contributed by atoms with Gasteiger partial charge in [-0.3, -0.25) is 9.59 Å². The Labute approximate surface area is 244 Å². The highest BCUT2D eigenvalue weighted by Gasteiger charge is 2.37. The number of nitrogens with zero attached hydrogens (tertiary/aromatic N) is 3. The van der Waals surface area contributed by atoms with Crippen molar-refractivity contribution in [3.8, 4) is 0 Å². The molecule has 0 spiro atoms. The van der Waals surface area contributed by atoms with Gasteiger partial charge < -0.3 is 25.8 Å². The number of halogens is 1. The van der Waals surface area contributed by atoms with Gasteiger partial charge in [-0.15, -0.1) is 0 Å². The van der Waals surface area contributed by atoms with Gasteiger partial charge in [-0.25, -0.2) is 4.79 Å². The van der Waals surface area contributed by atoms with E-state index in [4.69, 9.17) is 17.3 Å². The van der Waals surface area contributed by atoms with Crippen LogP contribution in [0, 0.1) is 5.92 Å². The van der Waals surface area contributed by atoms with Gasteiger partial charge in [0, 0.05) is 56.8 Å². The number of piperidine rings is 1. The maximum Gasteiger partial charge on any atom is 0.319 e. The van der Waals surface area contributed by atoms with Crippen molar-refractivity contribution in [2.24, 2.45) is 11.7 Å². The van der Waals surface area contributed by atoms with Gasteiger partial charge in [0.25, 0.3) is 0 Å². The van der Waals surface area contributed by atoms with E-state index in [0.29, 0.717) is 42.9 Å². The quantitative estimate of drug-likeness (QED) is 0.451. The second kappa shape index (κ2) is 14.5. The van der Waals surface area contributed by atoms with Crippen LogP contribution in [0.25, 0.3) is 0 Å². The SMILES string of the molecule is CN(C)C(=O)N(C1CCCCC1)C1CCN(C(=O)[C@@H](Cc2ccc(Cl)cc2)N[C@H]2CC[C@H](CC(N)=O)CC2)CC1. The molecule has 1 aromatic carbocycles. The minimum Gasteiger partial charge on any atom is -0.370 e. The summed E-state index contributed by atoms with van der Waals surface area (Å²) >= 11 is 6.12. The van der Waals surface area contributed by atoms with Crippen molar-refractivity contribution >= 4 is 29.4 Å². The zero-order valence-electron chi connectivity index (χ0n) is 24.3. The van der Waals surface area contributed by atoms with Crippen molar-refractivity contribution in [3.63, 3.8) is 0 Å². The lowest BCUT2D eigenvalue weighted by Crippen LogP contribution is -2.58. The molecule has 1 aliphatic heterocycles. The molecule has 1 heterocycles. The first-order valence-corrected chi connectivity index (χ1v) is 15.7. The van der Waals surface area contributed by atoms with E-state index in [1.54, 1.807) is 4.90 Å². The number of urea groups is 1. The third-order valence-electron chi connectivity index (χ3n) is 9.17. The number of carbonyl (C=O) groups is 3. The summed E-state index contributed by atoms with van der Waals surface area (Å²) < 4.78 is 0. The van der Waals surface area contributed by atoms with E-state index in [1.165, 1.54) is 19.3 Å². The summed E-state index contributed by atoms with van der Waals surface area (Å²) in [7, 11) is 3.68. The second-order valence-electron chi connectivity index (χ2n) is 12.4. The molecule has 1 atom stereocenters. The lowest BCUT2D eigenvalue weighted by Gasteiger charge is -2.45. The van der Waals surface area contributed by atoms with E-state index < -0.39 is 0 Å². The Hall–Kier alpha value is -2.32. The molecule has 0 unspecified atom stereocenters. The summed E-state index contributed by atoms with van der Waals surface area (Å²) in [5.41, 5.74) is 6.50. The molecule has 3 aliphatic rings. The summed E-state index contributed by atoms with van der Waals surface area (Å²) in [4.78, 5) is 44.4. The molecule has 0 radical (unpaired) electrons. The largest absolute Gasteiger partial charge is 0.370 e. The number of nitrogens with one attached hydrogen (secondary N) is 1. The van der Waals surface area contributed by atoms with E-state index in [9.17, 15) is 14.4 Å². The van der Waals surface area contributed by atoms with Crippen LogP contribution in [-0.4, -0.2) is 83.9 Å². The van der Waals surface area contributed by atoms with Gasteiger partial charge in [0.05, 0.1) is 6.04 Å². The first-order chi connectivity index (χ1) is 19.2. The monoisotopic (exact) mass is 573 g/mol. The summed E-state index contributed by atoms with van der Waals surface area (Å²) in [6.07, 6.45) is 12.2. The van der Waals surface area contributed by atoms with Crippen LogP contribution in [0.2, 0.25) is 5.02 Å². The first-order valence-electron chi connectivity index (χ1n) is 15.3. The third kappa shape index (κ3) is 8.35. The van der Waals surface area contributed by atoms with Gasteiger partial charge in [0.2, 0.25) is 11.8 Å². The van der Waals surface area contributed by atoms with Crippen molar-refractivity contribution in [2.45, 2.75) is 108 Å². The third-order valence-corrected chi connectivity index (χ3v) is 9.42. The van der Waals surface area contributed by atoms with Crippen LogP contribution in [0.4, 0.5) is 4.79 Å². The highest BCUT2D eigenvalue weighted by atomic mass is 35.5. The van der Waals surface area contributed by atoms with E-state index in [0.717, 1.165) is 56.9 Å². The van der Waals surface area contributed by atoms with E-state index in [2.05, 4.69) is 10.2 Å². The number of hydrogen-bond donors (Lipinski definition) is 2. The Balaban J connectivity index is 1.40. The number of likely N-dealkylation sites (tertiary alicyclic amines) is 1. The number of amides is 4. The average molecular weight is 574 g/mol.